The summed E-state index contributed by atoms with van der Waals surface area (Å²) in [6, 6.07) is 0. The number of carbonyl (C=O) groups excluding carboxylic acids is 1. The van der Waals surface area contributed by atoms with Crippen molar-refractivity contribution in [2.24, 2.45) is 22.7 Å². The number of hydrogen-bond donors (Lipinski definition) is 1. The lowest BCUT2D eigenvalue weighted by molar-refractivity contribution is -0.153. The van der Waals surface area contributed by atoms with Gasteiger partial charge in [0, 0.05) is 0 Å². The highest BCUT2D eigenvalue weighted by Crippen LogP contribution is 2.24. The van der Waals surface area contributed by atoms with Gasteiger partial charge in [0.2, 0.25) is 0 Å². The zero-order valence-electron chi connectivity index (χ0n) is 24.4. The Bertz CT molecular complexity index is 500. The highest BCUT2D eigenvalue weighted by Gasteiger charge is 2.25. The summed E-state index contributed by atoms with van der Waals surface area (Å²) in [5.41, 5.74) is -0.908. The minimum Gasteiger partial charge on any atom is -0.481 e. The SMILES string of the molecule is CC(C)CCCCCCCCC(C)(C)C(=O)O.CC(C)CCCCCCCOC(=O)C(C)(C)C. The third kappa shape index (κ3) is 24.1. The van der Waals surface area contributed by atoms with Gasteiger partial charge in [-0.05, 0) is 59.3 Å². The third-order valence-electron chi connectivity index (χ3n) is 6.18. The van der Waals surface area contributed by atoms with E-state index in [1.807, 2.05) is 34.6 Å². The lowest BCUT2D eigenvalue weighted by Crippen LogP contribution is -2.23. The van der Waals surface area contributed by atoms with Crippen molar-refractivity contribution in [3.63, 3.8) is 0 Å². The minimum atomic E-state index is -0.672. The number of carboxylic acids is 1. The number of esters is 1. The molecule has 0 saturated carbocycles. The molecule has 0 aromatic heterocycles. The molecule has 204 valence electrons. The van der Waals surface area contributed by atoms with Crippen LogP contribution in [0.1, 0.15) is 152 Å². The molecule has 0 aliphatic heterocycles. The van der Waals surface area contributed by atoms with Gasteiger partial charge in [-0.2, -0.15) is 0 Å². The van der Waals surface area contributed by atoms with Gasteiger partial charge in [-0.25, -0.2) is 0 Å². The molecule has 4 nitrogen and oxygen atoms in total. The summed E-state index contributed by atoms with van der Waals surface area (Å²) >= 11 is 0. The van der Waals surface area contributed by atoms with Gasteiger partial charge in [-0.1, -0.05) is 105 Å². The monoisotopic (exact) mass is 484 g/mol. The van der Waals surface area contributed by atoms with Crippen LogP contribution in [0.15, 0.2) is 0 Å². The van der Waals surface area contributed by atoms with E-state index in [1.54, 1.807) is 0 Å². The van der Waals surface area contributed by atoms with Crippen LogP contribution in [0, 0.1) is 22.7 Å². The lowest BCUT2D eigenvalue weighted by Gasteiger charge is -2.18. The Balaban J connectivity index is 0. The standard InChI is InChI=1S/2C15H30O2/c1-13(2)11-9-7-6-8-10-12-17-14(16)15(3,4)5;1-13(2)11-9-7-5-6-8-10-12-15(3,4)14(16)17/h13H,6-12H2,1-5H3;13H,5-12H2,1-4H3,(H,16,17). The molecule has 0 spiro atoms. The van der Waals surface area contributed by atoms with Gasteiger partial charge < -0.3 is 9.84 Å². The molecule has 0 fully saturated rings. The molecule has 0 rings (SSSR count). The highest BCUT2D eigenvalue weighted by molar-refractivity contribution is 5.75. The van der Waals surface area contributed by atoms with Crippen LogP contribution in [0.4, 0.5) is 0 Å². The van der Waals surface area contributed by atoms with E-state index in [0.717, 1.165) is 31.1 Å². The average Bonchev–Trinajstić information content (AvgIpc) is 2.70. The Morgan fingerprint density at radius 3 is 1.41 bits per heavy atom. The predicted molar refractivity (Wildman–Crippen MR) is 146 cm³/mol. The van der Waals surface area contributed by atoms with Crippen molar-refractivity contribution in [1.29, 1.82) is 0 Å². The fourth-order valence-corrected chi connectivity index (χ4v) is 3.50. The summed E-state index contributed by atoms with van der Waals surface area (Å²) in [6.07, 6.45) is 17.0. The molecule has 0 aromatic carbocycles. The Kier molecular flexibility index (Phi) is 20.8. The van der Waals surface area contributed by atoms with E-state index >= 15 is 0 Å². The van der Waals surface area contributed by atoms with E-state index in [2.05, 4.69) is 27.7 Å². The van der Waals surface area contributed by atoms with Crippen LogP contribution in [-0.4, -0.2) is 23.7 Å². The van der Waals surface area contributed by atoms with Gasteiger partial charge in [-0.15, -0.1) is 0 Å². The molecule has 4 heteroatoms. The molecule has 0 saturated heterocycles. The summed E-state index contributed by atoms with van der Waals surface area (Å²) in [4.78, 5) is 22.3. The molecular formula is C30H60O4. The first-order chi connectivity index (χ1) is 15.7. The number of hydrogen-bond acceptors (Lipinski definition) is 3. The number of ether oxygens (including phenoxy) is 1. The molecule has 1 N–H and O–H groups in total. The van der Waals surface area contributed by atoms with Crippen molar-refractivity contribution in [3.05, 3.63) is 0 Å². The summed E-state index contributed by atoms with van der Waals surface area (Å²) in [6.45, 7) is 19.0. The minimum absolute atomic E-state index is 0.0858. The fourth-order valence-electron chi connectivity index (χ4n) is 3.50. The quantitative estimate of drug-likeness (QED) is 0.155. The van der Waals surface area contributed by atoms with Gasteiger partial charge >= 0.3 is 11.9 Å². The van der Waals surface area contributed by atoms with Crippen molar-refractivity contribution >= 4 is 11.9 Å². The van der Waals surface area contributed by atoms with E-state index in [0.29, 0.717) is 6.61 Å². The first kappa shape index (κ1) is 35.1. The van der Waals surface area contributed by atoms with Gasteiger partial charge in [0.25, 0.3) is 0 Å². The first-order valence-electron chi connectivity index (χ1n) is 14.1. The van der Waals surface area contributed by atoms with E-state index in [1.165, 1.54) is 70.6 Å². The zero-order chi connectivity index (χ0) is 26.6. The molecule has 0 aliphatic carbocycles. The van der Waals surface area contributed by atoms with Crippen molar-refractivity contribution < 1.29 is 19.4 Å². The van der Waals surface area contributed by atoms with Crippen LogP contribution < -0.4 is 0 Å². The van der Waals surface area contributed by atoms with Crippen LogP contribution in [0.5, 0.6) is 0 Å². The lowest BCUT2D eigenvalue weighted by atomic mass is 9.87. The Morgan fingerprint density at radius 1 is 0.647 bits per heavy atom. The van der Waals surface area contributed by atoms with Crippen molar-refractivity contribution in [2.45, 2.75) is 152 Å². The Hall–Kier alpha value is -1.06. The number of carboxylic acid groups (broad SMARTS) is 1. The van der Waals surface area contributed by atoms with E-state index < -0.39 is 11.4 Å². The number of aliphatic carboxylic acids is 1. The van der Waals surface area contributed by atoms with E-state index in [-0.39, 0.29) is 11.4 Å². The van der Waals surface area contributed by atoms with Gasteiger partial charge in [-0.3, -0.25) is 9.59 Å². The van der Waals surface area contributed by atoms with Crippen LogP contribution in [0.2, 0.25) is 0 Å². The van der Waals surface area contributed by atoms with Crippen molar-refractivity contribution in [3.8, 4) is 0 Å². The molecule has 0 unspecified atom stereocenters. The largest absolute Gasteiger partial charge is 0.481 e. The first-order valence-corrected chi connectivity index (χ1v) is 14.1. The van der Waals surface area contributed by atoms with Crippen molar-refractivity contribution in [1.82, 2.24) is 0 Å². The van der Waals surface area contributed by atoms with Crippen LogP contribution >= 0.6 is 0 Å². The second-order valence-corrected chi connectivity index (χ2v) is 12.6. The van der Waals surface area contributed by atoms with E-state index in [9.17, 15) is 9.59 Å². The van der Waals surface area contributed by atoms with Gasteiger partial charge in [0.1, 0.15) is 0 Å². The smallest absolute Gasteiger partial charge is 0.311 e. The highest BCUT2D eigenvalue weighted by atomic mass is 16.5. The normalized spacial score (nSPS) is 12.0. The molecule has 0 aromatic rings. The molecule has 0 amide bonds. The molecule has 0 bridgehead atoms. The van der Waals surface area contributed by atoms with Gasteiger partial charge in [0.15, 0.2) is 0 Å². The van der Waals surface area contributed by atoms with Crippen LogP contribution in [-0.2, 0) is 14.3 Å². The Labute approximate surface area is 213 Å². The molecular weight excluding hydrogens is 424 g/mol. The maximum Gasteiger partial charge on any atom is 0.311 e. The second kappa shape index (κ2) is 20.2. The van der Waals surface area contributed by atoms with E-state index in [4.69, 9.17) is 9.84 Å². The summed E-state index contributed by atoms with van der Waals surface area (Å²) in [5.74, 6) is 0.890. The van der Waals surface area contributed by atoms with Gasteiger partial charge in [0.05, 0.1) is 17.4 Å². The molecule has 34 heavy (non-hydrogen) atoms. The molecule has 0 heterocycles. The number of unbranched alkanes of at least 4 members (excludes halogenated alkanes) is 9. The maximum atomic E-state index is 11.5. The number of carbonyl (C=O) groups is 2. The second-order valence-electron chi connectivity index (χ2n) is 12.6. The summed E-state index contributed by atoms with van der Waals surface area (Å²) in [5, 5.41) is 8.97. The van der Waals surface area contributed by atoms with Crippen LogP contribution in [0.25, 0.3) is 0 Å². The molecule has 0 radical (unpaired) electrons. The summed E-state index contributed by atoms with van der Waals surface area (Å²) < 4.78 is 5.21. The van der Waals surface area contributed by atoms with Crippen LogP contribution in [0.3, 0.4) is 0 Å². The third-order valence-corrected chi connectivity index (χ3v) is 6.18. The topological polar surface area (TPSA) is 63.6 Å². The zero-order valence-corrected chi connectivity index (χ0v) is 24.4. The predicted octanol–water partition coefficient (Wildman–Crippen LogP) is 9.45. The molecule has 0 aliphatic rings. The average molecular weight is 485 g/mol. The summed E-state index contributed by atoms with van der Waals surface area (Å²) in [7, 11) is 0. The van der Waals surface area contributed by atoms with Crippen molar-refractivity contribution in [2.75, 3.05) is 6.61 Å². The Morgan fingerprint density at radius 2 is 1.03 bits per heavy atom. The number of rotatable bonds is 18. The molecule has 0 atom stereocenters. The fraction of sp³-hybridized carbons (Fsp3) is 0.933. The maximum absolute atomic E-state index is 11.5.